The fourth-order valence-electron chi connectivity index (χ4n) is 5.03. The lowest BCUT2D eigenvalue weighted by molar-refractivity contribution is -0.165. The van der Waals surface area contributed by atoms with Gasteiger partial charge in [0.2, 0.25) is 5.91 Å². The molecule has 6 heteroatoms. The Morgan fingerprint density at radius 3 is 2.76 bits per heavy atom. The van der Waals surface area contributed by atoms with Gasteiger partial charge in [-0.15, -0.1) is 0 Å². The molecule has 0 N–H and O–H groups in total. The maximum Gasteiger partial charge on any atom is 0.254 e. The number of aromatic nitrogens is 1. The van der Waals surface area contributed by atoms with Crippen molar-refractivity contribution in [3.05, 3.63) is 78.0 Å². The number of benzene rings is 2. The van der Waals surface area contributed by atoms with Gasteiger partial charge in [-0.25, -0.2) is 0 Å². The molecule has 3 heterocycles. The Kier molecular flexibility index (Phi) is 6.09. The molecule has 0 saturated carbocycles. The highest BCUT2D eigenvalue weighted by Gasteiger charge is 2.41. The number of likely N-dealkylation sites (tertiary alicyclic amines) is 1. The van der Waals surface area contributed by atoms with Gasteiger partial charge in [-0.1, -0.05) is 42.5 Å². The van der Waals surface area contributed by atoms with Crippen LogP contribution in [0.2, 0.25) is 0 Å². The van der Waals surface area contributed by atoms with Crippen LogP contribution in [0.25, 0.3) is 10.9 Å². The van der Waals surface area contributed by atoms with Gasteiger partial charge in [0, 0.05) is 43.3 Å². The Balaban J connectivity index is 1.27. The van der Waals surface area contributed by atoms with E-state index in [1.807, 2.05) is 58.3 Å². The van der Waals surface area contributed by atoms with Crippen LogP contribution >= 0.6 is 0 Å². The van der Waals surface area contributed by atoms with Gasteiger partial charge in [-0.05, 0) is 49.4 Å². The van der Waals surface area contributed by atoms with E-state index in [9.17, 15) is 9.59 Å². The quantitative estimate of drug-likeness (QED) is 0.617. The largest absolute Gasteiger partial charge is 0.363 e. The van der Waals surface area contributed by atoms with Gasteiger partial charge < -0.3 is 14.5 Å². The molecule has 0 radical (unpaired) electrons. The molecule has 0 aliphatic carbocycles. The van der Waals surface area contributed by atoms with E-state index in [-0.39, 0.29) is 24.0 Å². The molecule has 1 aromatic heterocycles. The first kappa shape index (κ1) is 21.6. The summed E-state index contributed by atoms with van der Waals surface area (Å²) in [5.74, 6) is 0.0930. The minimum atomic E-state index is -0.375. The average molecular weight is 444 g/mol. The zero-order valence-electron chi connectivity index (χ0n) is 18.8. The summed E-state index contributed by atoms with van der Waals surface area (Å²) in [5.41, 5.74) is 2.38. The molecule has 33 heavy (non-hydrogen) atoms. The van der Waals surface area contributed by atoms with E-state index >= 15 is 0 Å². The highest BCUT2D eigenvalue weighted by molar-refractivity contribution is 6.06. The zero-order valence-corrected chi connectivity index (χ0v) is 18.8. The Bertz CT molecular complexity index is 1140. The molecule has 170 valence electrons. The van der Waals surface area contributed by atoms with Crippen LogP contribution in [-0.2, 0) is 16.0 Å². The van der Waals surface area contributed by atoms with Crippen molar-refractivity contribution >= 4 is 22.7 Å². The fraction of sp³-hybridized carbons (Fsp3) is 0.370. The Hall–Kier alpha value is -3.25. The summed E-state index contributed by atoms with van der Waals surface area (Å²) in [7, 11) is 0. The third-order valence-electron chi connectivity index (χ3n) is 6.91. The van der Waals surface area contributed by atoms with Crippen molar-refractivity contribution in [2.75, 3.05) is 32.8 Å². The van der Waals surface area contributed by atoms with Gasteiger partial charge in [-0.2, -0.15) is 0 Å². The van der Waals surface area contributed by atoms with Crippen molar-refractivity contribution in [2.45, 2.75) is 31.3 Å². The van der Waals surface area contributed by atoms with Crippen molar-refractivity contribution in [2.24, 2.45) is 0 Å². The summed E-state index contributed by atoms with van der Waals surface area (Å²) >= 11 is 0. The number of carbonyl (C=O) groups excluding carboxylic acids is 2. The smallest absolute Gasteiger partial charge is 0.254 e. The SMILES string of the molecule is O=C1CO[C@]2(CCCN(C(=O)c3cccc4ncccc34)CC2)CN1CCc1ccccc1. The van der Waals surface area contributed by atoms with Crippen LogP contribution in [0.4, 0.5) is 0 Å². The first-order valence-corrected chi connectivity index (χ1v) is 11.7. The zero-order chi connectivity index (χ0) is 22.7. The van der Waals surface area contributed by atoms with E-state index in [1.54, 1.807) is 6.20 Å². The summed E-state index contributed by atoms with van der Waals surface area (Å²) in [5, 5.41) is 0.885. The van der Waals surface area contributed by atoms with Crippen molar-refractivity contribution < 1.29 is 14.3 Å². The molecule has 2 fully saturated rings. The molecule has 0 unspecified atom stereocenters. The summed E-state index contributed by atoms with van der Waals surface area (Å²) < 4.78 is 6.15. The Morgan fingerprint density at radius 2 is 1.88 bits per heavy atom. The number of carbonyl (C=O) groups is 2. The number of rotatable bonds is 4. The molecule has 1 spiro atoms. The molecule has 0 bridgehead atoms. The second kappa shape index (κ2) is 9.32. The van der Waals surface area contributed by atoms with E-state index in [4.69, 9.17) is 4.74 Å². The first-order chi connectivity index (χ1) is 16.1. The molecule has 2 aromatic carbocycles. The monoisotopic (exact) mass is 443 g/mol. The molecule has 6 nitrogen and oxygen atoms in total. The molecule has 2 aliphatic heterocycles. The minimum Gasteiger partial charge on any atom is -0.363 e. The molecular weight excluding hydrogens is 414 g/mol. The Morgan fingerprint density at radius 1 is 1.00 bits per heavy atom. The summed E-state index contributed by atoms with van der Waals surface area (Å²) in [6, 6.07) is 19.8. The van der Waals surface area contributed by atoms with Crippen LogP contribution in [0, 0.1) is 0 Å². The first-order valence-electron chi connectivity index (χ1n) is 11.7. The van der Waals surface area contributed by atoms with Crippen LogP contribution in [0.5, 0.6) is 0 Å². The van der Waals surface area contributed by atoms with Crippen molar-refractivity contribution in [1.82, 2.24) is 14.8 Å². The van der Waals surface area contributed by atoms with Gasteiger partial charge in [-0.3, -0.25) is 14.6 Å². The van der Waals surface area contributed by atoms with Crippen LogP contribution in [0.1, 0.15) is 35.2 Å². The Labute approximate surface area is 194 Å². The lowest BCUT2D eigenvalue weighted by atomic mass is 9.92. The molecular formula is C27H29N3O3. The van der Waals surface area contributed by atoms with Crippen molar-refractivity contribution in [3.8, 4) is 0 Å². The molecule has 2 aliphatic rings. The number of hydrogen-bond donors (Lipinski definition) is 0. The van der Waals surface area contributed by atoms with Crippen molar-refractivity contribution in [1.29, 1.82) is 0 Å². The maximum atomic E-state index is 13.4. The third-order valence-corrected chi connectivity index (χ3v) is 6.91. The second-order valence-electron chi connectivity index (χ2n) is 9.04. The van der Waals surface area contributed by atoms with Crippen LogP contribution in [0.3, 0.4) is 0 Å². The third kappa shape index (κ3) is 4.62. The number of nitrogens with zero attached hydrogens (tertiary/aromatic N) is 3. The minimum absolute atomic E-state index is 0.0402. The van der Waals surface area contributed by atoms with E-state index in [1.165, 1.54) is 5.56 Å². The van der Waals surface area contributed by atoms with Crippen LogP contribution in [-0.4, -0.2) is 65.0 Å². The van der Waals surface area contributed by atoms with Gasteiger partial charge in [0.1, 0.15) is 6.61 Å². The topological polar surface area (TPSA) is 62.7 Å². The number of amides is 2. The standard InChI is InChI=1S/C27H29N3O3/c31-25-19-33-27(20-30(25)17-12-21-7-2-1-3-8-21)13-6-16-29(18-14-27)26(32)23-9-4-11-24-22(23)10-5-15-28-24/h1-5,7-11,15H,6,12-14,16-20H2/t27-/m0/s1. The van der Waals surface area contributed by atoms with Crippen LogP contribution in [0.15, 0.2) is 66.9 Å². The fourth-order valence-corrected chi connectivity index (χ4v) is 5.03. The highest BCUT2D eigenvalue weighted by Crippen LogP contribution is 2.31. The molecule has 2 saturated heterocycles. The molecule has 3 aromatic rings. The van der Waals surface area contributed by atoms with E-state index in [2.05, 4.69) is 17.1 Å². The van der Waals surface area contributed by atoms with E-state index in [0.717, 1.165) is 36.6 Å². The summed E-state index contributed by atoms with van der Waals surface area (Å²) in [6.45, 7) is 2.73. The van der Waals surface area contributed by atoms with Crippen LogP contribution < -0.4 is 0 Å². The highest BCUT2D eigenvalue weighted by atomic mass is 16.5. The second-order valence-corrected chi connectivity index (χ2v) is 9.04. The van der Waals surface area contributed by atoms with Crippen molar-refractivity contribution in [3.63, 3.8) is 0 Å². The molecule has 1 atom stereocenters. The number of morpholine rings is 1. The van der Waals surface area contributed by atoms with Gasteiger partial charge in [0.15, 0.2) is 0 Å². The lowest BCUT2D eigenvalue weighted by Crippen LogP contribution is -2.55. The number of hydrogen-bond acceptors (Lipinski definition) is 4. The summed E-state index contributed by atoms with van der Waals surface area (Å²) in [4.78, 5) is 34.2. The predicted octanol–water partition coefficient (Wildman–Crippen LogP) is 3.70. The van der Waals surface area contributed by atoms with Gasteiger partial charge in [0.25, 0.3) is 5.91 Å². The lowest BCUT2D eigenvalue weighted by Gasteiger charge is -2.42. The maximum absolute atomic E-state index is 13.4. The number of fused-ring (bicyclic) bond motifs is 1. The number of pyridine rings is 1. The van der Waals surface area contributed by atoms with E-state index in [0.29, 0.717) is 31.7 Å². The average Bonchev–Trinajstić information content (AvgIpc) is 3.07. The predicted molar refractivity (Wildman–Crippen MR) is 127 cm³/mol. The molecule has 2 amide bonds. The molecule has 5 rings (SSSR count). The summed E-state index contributed by atoms with van der Waals surface area (Å²) in [6.07, 6.45) is 5.02. The van der Waals surface area contributed by atoms with E-state index < -0.39 is 0 Å². The normalized spacial score (nSPS) is 21.4. The number of ether oxygens (including phenoxy) is 1. The van der Waals surface area contributed by atoms with Gasteiger partial charge in [0.05, 0.1) is 11.1 Å². The van der Waals surface area contributed by atoms with Gasteiger partial charge >= 0.3 is 0 Å².